The van der Waals surface area contributed by atoms with Crippen molar-refractivity contribution in [1.82, 2.24) is 14.8 Å². The number of benzene rings is 1. The van der Waals surface area contributed by atoms with Crippen LogP contribution in [0.4, 0.5) is 0 Å². The van der Waals surface area contributed by atoms with Gasteiger partial charge < -0.3 is 5.73 Å². The number of hydrogen-bond donors (Lipinski definition) is 1. The van der Waals surface area contributed by atoms with Crippen LogP contribution in [-0.4, -0.2) is 26.9 Å². The molecule has 0 aliphatic carbocycles. The highest BCUT2D eigenvalue weighted by Gasteiger charge is 2.11. The second-order valence-corrected chi connectivity index (χ2v) is 5.48. The summed E-state index contributed by atoms with van der Waals surface area (Å²) in [6.45, 7) is 0. The molecule has 0 saturated heterocycles. The van der Waals surface area contributed by atoms with E-state index >= 15 is 0 Å². The van der Waals surface area contributed by atoms with Crippen LogP contribution < -0.4 is 5.73 Å². The fourth-order valence-electron chi connectivity index (χ4n) is 2.29. The third kappa shape index (κ3) is 2.38. The molecule has 0 radical (unpaired) electrons. The summed E-state index contributed by atoms with van der Waals surface area (Å²) in [4.78, 5) is 15.7. The molecule has 1 amide bonds. The summed E-state index contributed by atoms with van der Waals surface area (Å²) in [7, 11) is 1.91. The number of nitrogens with zero attached hydrogens (tertiary/aromatic N) is 3. The normalized spacial score (nSPS) is 11.0. The standard InChI is InChI=1S/C15H14N4OS/c1-19-13-4-3-9(5-10(13)8-18-19)12-6-11(14(16)20)7-17-15(12)21-2/h3-8H,1-2H3,(H2,16,20). The van der Waals surface area contributed by atoms with Gasteiger partial charge in [0.15, 0.2) is 0 Å². The van der Waals surface area contributed by atoms with Crippen LogP contribution in [0, 0.1) is 0 Å². The number of fused-ring (bicyclic) bond motifs is 1. The number of carbonyl (C=O) groups is 1. The SMILES string of the molecule is CSc1ncc(C(N)=O)cc1-c1ccc2c(cnn2C)c1. The lowest BCUT2D eigenvalue weighted by atomic mass is 10.0. The van der Waals surface area contributed by atoms with Gasteiger partial charge in [-0.1, -0.05) is 6.07 Å². The van der Waals surface area contributed by atoms with E-state index in [9.17, 15) is 4.79 Å². The molecule has 106 valence electrons. The molecule has 2 aromatic heterocycles. The van der Waals surface area contributed by atoms with Gasteiger partial charge in [0, 0.05) is 24.2 Å². The molecule has 6 heteroatoms. The number of amides is 1. The molecule has 0 atom stereocenters. The van der Waals surface area contributed by atoms with Gasteiger partial charge in [0.25, 0.3) is 0 Å². The molecule has 0 unspecified atom stereocenters. The number of carbonyl (C=O) groups excluding carboxylic acids is 1. The molecule has 0 fully saturated rings. The zero-order valence-corrected chi connectivity index (χ0v) is 12.5. The van der Waals surface area contributed by atoms with Crippen LogP contribution in [0.2, 0.25) is 0 Å². The summed E-state index contributed by atoms with van der Waals surface area (Å²) in [5, 5.41) is 6.15. The Bertz CT molecular complexity index is 841. The van der Waals surface area contributed by atoms with E-state index in [1.54, 1.807) is 6.07 Å². The molecule has 2 heterocycles. The summed E-state index contributed by atoms with van der Waals surface area (Å²) >= 11 is 1.54. The van der Waals surface area contributed by atoms with Crippen LogP contribution in [0.25, 0.3) is 22.0 Å². The van der Waals surface area contributed by atoms with Gasteiger partial charge in [-0.3, -0.25) is 9.48 Å². The first-order valence-corrected chi connectivity index (χ1v) is 7.58. The Morgan fingerprint density at radius 1 is 1.29 bits per heavy atom. The third-order valence-corrected chi connectivity index (χ3v) is 4.10. The average Bonchev–Trinajstić information content (AvgIpc) is 2.87. The van der Waals surface area contributed by atoms with Gasteiger partial charge in [-0.15, -0.1) is 11.8 Å². The Labute approximate surface area is 126 Å². The van der Waals surface area contributed by atoms with Gasteiger partial charge in [-0.2, -0.15) is 5.10 Å². The molecule has 0 bridgehead atoms. The Hall–Kier alpha value is -2.34. The second-order valence-electron chi connectivity index (χ2n) is 4.69. The summed E-state index contributed by atoms with van der Waals surface area (Å²) in [5.74, 6) is -0.473. The van der Waals surface area contributed by atoms with E-state index in [-0.39, 0.29) is 0 Å². The highest BCUT2D eigenvalue weighted by molar-refractivity contribution is 7.98. The van der Waals surface area contributed by atoms with Crippen molar-refractivity contribution in [2.45, 2.75) is 5.03 Å². The van der Waals surface area contributed by atoms with E-state index in [4.69, 9.17) is 5.73 Å². The molecule has 0 spiro atoms. The van der Waals surface area contributed by atoms with Crippen LogP contribution in [0.5, 0.6) is 0 Å². The van der Waals surface area contributed by atoms with Crippen molar-refractivity contribution in [3.63, 3.8) is 0 Å². The smallest absolute Gasteiger partial charge is 0.250 e. The predicted octanol–water partition coefficient (Wildman–Crippen LogP) is 2.46. The number of thioether (sulfide) groups is 1. The lowest BCUT2D eigenvalue weighted by Gasteiger charge is -2.08. The van der Waals surface area contributed by atoms with Gasteiger partial charge >= 0.3 is 0 Å². The number of nitrogens with two attached hydrogens (primary N) is 1. The monoisotopic (exact) mass is 298 g/mol. The zero-order chi connectivity index (χ0) is 15.0. The molecule has 0 saturated carbocycles. The van der Waals surface area contributed by atoms with Gasteiger partial charge in [-0.05, 0) is 30.0 Å². The number of aromatic nitrogens is 3. The van der Waals surface area contributed by atoms with Crippen LogP contribution >= 0.6 is 11.8 Å². The van der Waals surface area contributed by atoms with E-state index in [0.29, 0.717) is 5.56 Å². The van der Waals surface area contributed by atoms with Crippen molar-refractivity contribution in [2.24, 2.45) is 12.8 Å². The van der Waals surface area contributed by atoms with Crippen molar-refractivity contribution in [2.75, 3.05) is 6.26 Å². The van der Waals surface area contributed by atoms with Gasteiger partial charge in [0.1, 0.15) is 5.03 Å². The zero-order valence-electron chi connectivity index (χ0n) is 11.7. The van der Waals surface area contributed by atoms with E-state index in [1.807, 2.05) is 42.4 Å². The topological polar surface area (TPSA) is 73.8 Å². The van der Waals surface area contributed by atoms with Crippen molar-refractivity contribution in [1.29, 1.82) is 0 Å². The Kier molecular flexibility index (Phi) is 3.39. The summed E-state index contributed by atoms with van der Waals surface area (Å²) in [5.41, 5.74) is 8.72. The molecule has 3 rings (SSSR count). The number of pyridine rings is 1. The fourth-order valence-corrected chi connectivity index (χ4v) is 2.84. The third-order valence-electron chi connectivity index (χ3n) is 3.39. The maximum Gasteiger partial charge on any atom is 0.250 e. The van der Waals surface area contributed by atoms with E-state index < -0.39 is 5.91 Å². The maximum atomic E-state index is 11.4. The van der Waals surface area contributed by atoms with Crippen molar-refractivity contribution >= 4 is 28.6 Å². The van der Waals surface area contributed by atoms with E-state index in [0.717, 1.165) is 27.1 Å². The van der Waals surface area contributed by atoms with Gasteiger partial charge in [-0.25, -0.2) is 4.98 Å². The molecule has 5 nitrogen and oxygen atoms in total. The molecule has 3 aromatic rings. The first-order chi connectivity index (χ1) is 10.1. The Morgan fingerprint density at radius 2 is 2.10 bits per heavy atom. The minimum atomic E-state index is -0.473. The van der Waals surface area contributed by atoms with Crippen molar-refractivity contribution in [3.05, 3.63) is 42.2 Å². The summed E-state index contributed by atoms with van der Waals surface area (Å²) < 4.78 is 1.83. The number of aryl methyl sites for hydroxylation is 1. The minimum absolute atomic E-state index is 0.411. The van der Waals surface area contributed by atoms with Crippen LogP contribution in [0.15, 0.2) is 41.7 Å². The number of rotatable bonds is 3. The molecular weight excluding hydrogens is 284 g/mol. The summed E-state index contributed by atoms with van der Waals surface area (Å²) in [6, 6.07) is 7.85. The first-order valence-electron chi connectivity index (χ1n) is 6.36. The molecule has 0 aliphatic heterocycles. The van der Waals surface area contributed by atoms with Crippen LogP contribution in [-0.2, 0) is 7.05 Å². The lowest BCUT2D eigenvalue weighted by Crippen LogP contribution is -2.11. The highest BCUT2D eigenvalue weighted by atomic mass is 32.2. The second kappa shape index (κ2) is 5.21. The van der Waals surface area contributed by atoms with Crippen molar-refractivity contribution in [3.8, 4) is 11.1 Å². The van der Waals surface area contributed by atoms with Gasteiger partial charge in [0.05, 0.1) is 17.3 Å². The van der Waals surface area contributed by atoms with E-state index in [2.05, 4.69) is 10.1 Å². The molecule has 2 N–H and O–H groups in total. The minimum Gasteiger partial charge on any atom is -0.366 e. The molecule has 0 aliphatic rings. The molecule has 1 aromatic carbocycles. The van der Waals surface area contributed by atoms with Gasteiger partial charge in [0.2, 0.25) is 5.91 Å². The molecule has 21 heavy (non-hydrogen) atoms. The molecular formula is C15H14N4OS. The summed E-state index contributed by atoms with van der Waals surface area (Å²) in [6.07, 6.45) is 5.29. The average molecular weight is 298 g/mol. The quantitative estimate of drug-likeness (QED) is 0.754. The first kappa shape index (κ1) is 13.6. The number of hydrogen-bond acceptors (Lipinski definition) is 4. The Balaban J connectivity index is 2.20. The predicted molar refractivity (Wildman–Crippen MR) is 84.2 cm³/mol. The van der Waals surface area contributed by atoms with Crippen LogP contribution in [0.3, 0.4) is 0 Å². The maximum absolute atomic E-state index is 11.4. The number of primary amides is 1. The fraction of sp³-hybridized carbons (Fsp3) is 0.133. The lowest BCUT2D eigenvalue weighted by molar-refractivity contribution is 0.1000. The highest BCUT2D eigenvalue weighted by Crippen LogP contribution is 2.31. The van der Waals surface area contributed by atoms with Crippen molar-refractivity contribution < 1.29 is 4.79 Å². The Morgan fingerprint density at radius 3 is 2.81 bits per heavy atom. The van der Waals surface area contributed by atoms with Crippen LogP contribution in [0.1, 0.15) is 10.4 Å². The van der Waals surface area contributed by atoms with E-state index in [1.165, 1.54) is 18.0 Å². The largest absolute Gasteiger partial charge is 0.366 e.